The van der Waals surface area contributed by atoms with E-state index < -0.39 is 0 Å². The van der Waals surface area contributed by atoms with Gasteiger partial charge in [-0.1, -0.05) is 5.16 Å². The Hall–Kier alpha value is -3.68. The molecule has 142 valence electrons. The maximum atomic E-state index is 13.0. The van der Waals surface area contributed by atoms with E-state index in [1.807, 2.05) is 37.4 Å². The summed E-state index contributed by atoms with van der Waals surface area (Å²) >= 11 is 0. The van der Waals surface area contributed by atoms with Gasteiger partial charge < -0.3 is 14.6 Å². The maximum absolute atomic E-state index is 13.0. The molecule has 1 amide bonds. The lowest BCUT2D eigenvalue weighted by Gasteiger charge is -2.07. The molecule has 0 saturated carbocycles. The van der Waals surface area contributed by atoms with Gasteiger partial charge in [-0.15, -0.1) is 0 Å². The number of methoxy groups -OCH3 is 1. The molecule has 0 fully saturated rings. The number of fused-ring (bicyclic) bond motifs is 1. The van der Waals surface area contributed by atoms with Crippen LogP contribution in [0.25, 0.3) is 22.4 Å². The van der Waals surface area contributed by atoms with E-state index in [0.717, 1.165) is 17.9 Å². The quantitative estimate of drug-likeness (QED) is 0.570. The van der Waals surface area contributed by atoms with E-state index >= 15 is 0 Å². The number of hydrogen-bond acceptors (Lipinski definition) is 6. The molecular weight excluding hydrogens is 358 g/mol. The van der Waals surface area contributed by atoms with Crippen molar-refractivity contribution in [1.82, 2.24) is 19.9 Å². The highest BCUT2D eigenvalue weighted by molar-refractivity contribution is 6.12. The van der Waals surface area contributed by atoms with Gasteiger partial charge in [-0.05, 0) is 44.2 Å². The van der Waals surface area contributed by atoms with Crippen LogP contribution in [0.4, 0.5) is 5.82 Å². The van der Waals surface area contributed by atoms with E-state index in [9.17, 15) is 4.79 Å². The van der Waals surface area contributed by atoms with Crippen LogP contribution in [0.2, 0.25) is 0 Å². The average Bonchev–Trinajstić information content (AvgIpc) is 3.34. The van der Waals surface area contributed by atoms with E-state index in [2.05, 4.69) is 20.6 Å². The summed E-state index contributed by atoms with van der Waals surface area (Å²) in [6, 6.07) is 10.9. The third-order valence-electron chi connectivity index (χ3n) is 4.45. The van der Waals surface area contributed by atoms with E-state index in [0.29, 0.717) is 33.9 Å². The van der Waals surface area contributed by atoms with Gasteiger partial charge in [0.15, 0.2) is 5.82 Å². The first-order chi connectivity index (χ1) is 13.6. The number of aromatic nitrogens is 4. The highest BCUT2D eigenvalue weighted by atomic mass is 16.5. The molecule has 1 aromatic carbocycles. The zero-order valence-electron chi connectivity index (χ0n) is 15.8. The normalized spacial score (nSPS) is 11.0. The summed E-state index contributed by atoms with van der Waals surface area (Å²) in [6.07, 6.45) is 1.81. The Morgan fingerprint density at radius 3 is 2.71 bits per heavy atom. The van der Waals surface area contributed by atoms with Gasteiger partial charge in [-0.3, -0.25) is 9.48 Å². The fraction of sp³-hybridized carbons (Fsp3) is 0.200. The Labute approximate surface area is 161 Å². The summed E-state index contributed by atoms with van der Waals surface area (Å²) in [5.41, 5.74) is 2.79. The largest absolute Gasteiger partial charge is 0.497 e. The molecule has 8 heteroatoms. The second kappa shape index (κ2) is 7.15. The summed E-state index contributed by atoms with van der Waals surface area (Å²) < 4.78 is 12.3. The van der Waals surface area contributed by atoms with Gasteiger partial charge in [0, 0.05) is 24.4 Å². The van der Waals surface area contributed by atoms with E-state index in [4.69, 9.17) is 9.26 Å². The fourth-order valence-corrected chi connectivity index (χ4v) is 2.97. The molecule has 3 heterocycles. The number of pyridine rings is 1. The van der Waals surface area contributed by atoms with E-state index in [1.54, 1.807) is 30.8 Å². The minimum absolute atomic E-state index is 0.296. The zero-order chi connectivity index (χ0) is 19.7. The van der Waals surface area contributed by atoms with E-state index in [-0.39, 0.29) is 5.91 Å². The lowest BCUT2D eigenvalue weighted by atomic mass is 10.0. The molecule has 0 atom stereocenters. The van der Waals surface area contributed by atoms with Crippen LogP contribution in [-0.2, 0) is 6.54 Å². The van der Waals surface area contributed by atoms with Crippen LogP contribution in [-0.4, -0.2) is 32.9 Å². The summed E-state index contributed by atoms with van der Waals surface area (Å²) in [7, 11) is 1.61. The number of nitrogens with one attached hydrogen (secondary N) is 1. The van der Waals surface area contributed by atoms with Crippen LogP contribution in [0, 0.1) is 6.92 Å². The molecule has 3 aromatic heterocycles. The molecule has 0 unspecified atom stereocenters. The second-order valence-electron chi connectivity index (χ2n) is 6.24. The number of ether oxygens (including phenoxy) is 1. The van der Waals surface area contributed by atoms with Gasteiger partial charge in [0.1, 0.15) is 5.75 Å². The van der Waals surface area contributed by atoms with Crippen LogP contribution in [0.3, 0.4) is 0 Å². The molecule has 4 aromatic rings. The van der Waals surface area contributed by atoms with Crippen molar-refractivity contribution in [2.75, 3.05) is 12.4 Å². The van der Waals surface area contributed by atoms with Crippen LogP contribution < -0.4 is 10.1 Å². The monoisotopic (exact) mass is 377 g/mol. The number of carbonyl (C=O) groups is 1. The molecule has 1 N–H and O–H groups in total. The SMILES string of the molecule is CCn1ccc(NC(=O)c2cc(-c3ccc(OC)cc3)nc3onc(C)c23)n1. The molecule has 0 aliphatic rings. The van der Waals surface area contributed by atoms with Crippen LogP contribution in [0.15, 0.2) is 47.1 Å². The first kappa shape index (κ1) is 17.7. The molecule has 8 nitrogen and oxygen atoms in total. The van der Waals surface area contributed by atoms with Gasteiger partial charge in [0.05, 0.1) is 29.4 Å². The predicted molar refractivity (Wildman–Crippen MR) is 104 cm³/mol. The third kappa shape index (κ3) is 3.20. The van der Waals surface area contributed by atoms with Gasteiger partial charge in [0.2, 0.25) is 0 Å². The Bertz CT molecular complexity index is 1140. The number of carbonyl (C=O) groups excluding carboxylic acids is 1. The van der Waals surface area contributed by atoms with Crippen molar-refractivity contribution in [3.8, 4) is 17.0 Å². The fourth-order valence-electron chi connectivity index (χ4n) is 2.97. The molecule has 0 aliphatic heterocycles. The Balaban J connectivity index is 1.76. The number of anilines is 1. The summed E-state index contributed by atoms with van der Waals surface area (Å²) in [6.45, 7) is 4.48. The number of benzene rings is 1. The number of amides is 1. The van der Waals surface area contributed by atoms with Crippen LogP contribution in [0.1, 0.15) is 23.0 Å². The topological polar surface area (TPSA) is 95.1 Å². The molecule has 4 rings (SSSR count). The van der Waals surface area contributed by atoms with Crippen molar-refractivity contribution in [2.45, 2.75) is 20.4 Å². The highest BCUT2D eigenvalue weighted by Crippen LogP contribution is 2.28. The van der Waals surface area contributed by atoms with Gasteiger partial charge >= 0.3 is 0 Å². The average molecular weight is 377 g/mol. The maximum Gasteiger partial charge on any atom is 0.259 e. The zero-order valence-corrected chi connectivity index (χ0v) is 15.8. The number of rotatable bonds is 5. The molecule has 0 spiro atoms. The Kier molecular flexibility index (Phi) is 4.52. The smallest absolute Gasteiger partial charge is 0.259 e. The Morgan fingerprint density at radius 1 is 1.25 bits per heavy atom. The van der Waals surface area contributed by atoms with Gasteiger partial charge in [0.25, 0.3) is 11.6 Å². The predicted octanol–water partition coefficient (Wildman–Crippen LogP) is 3.68. The highest BCUT2D eigenvalue weighted by Gasteiger charge is 2.20. The van der Waals surface area contributed by atoms with E-state index in [1.165, 1.54) is 0 Å². The lowest BCUT2D eigenvalue weighted by molar-refractivity contribution is 0.102. The molecule has 0 aliphatic carbocycles. The van der Waals surface area contributed by atoms with Crippen molar-refractivity contribution < 1.29 is 14.1 Å². The first-order valence-corrected chi connectivity index (χ1v) is 8.85. The summed E-state index contributed by atoms with van der Waals surface area (Å²) in [4.78, 5) is 17.5. The van der Waals surface area contributed by atoms with Crippen molar-refractivity contribution in [3.05, 3.63) is 53.9 Å². The molecule has 0 bridgehead atoms. The molecule has 28 heavy (non-hydrogen) atoms. The van der Waals surface area contributed by atoms with Gasteiger partial charge in [-0.25, -0.2) is 4.98 Å². The summed E-state index contributed by atoms with van der Waals surface area (Å²) in [5, 5.41) is 11.7. The Morgan fingerprint density at radius 2 is 2.04 bits per heavy atom. The number of aryl methyl sites for hydroxylation is 2. The van der Waals surface area contributed by atoms with Crippen molar-refractivity contribution >= 4 is 22.8 Å². The standard InChI is InChI=1S/C20H19N5O3/c1-4-25-10-9-17(23-25)22-19(26)15-11-16(13-5-7-14(27-3)8-6-13)21-20-18(15)12(2)24-28-20/h5-11H,4H2,1-3H3,(H,22,23,26). The van der Waals surface area contributed by atoms with Gasteiger partial charge in [-0.2, -0.15) is 5.10 Å². The molecule has 0 radical (unpaired) electrons. The van der Waals surface area contributed by atoms with Crippen molar-refractivity contribution in [1.29, 1.82) is 0 Å². The van der Waals surface area contributed by atoms with Crippen LogP contribution >= 0.6 is 0 Å². The molecule has 0 saturated heterocycles. The number of nitrogens with zero attached hydrogens (tertiary/aromatic N) is 4. The van der Waals surface area contributed by atoms with Crippen LogP contribution in [0.5, 0.6) is 5.75 Å². The number of hydrogen-bond donors (Lipinski definition) is 1. The minimum Gasteiger partial charge on any atom is -0.497 e. The molecular formula is C20H19N5O3. The minimum atomic E-state index is -0.296. The lowest BCUT2D eigenvalue weighted by Crippen LogP contribution is -2.14. The van der Waals surface area contributed by atoms with Crippen molar-refractivity contribution in [3.63, 3.8) is 0 Å². The third-order valence-corrected chi connectivity index (χ3v) is 4.45. The summed E-state index contributed by atoms with van der Waals surface area (Å²) in [5.74, 6) is 0.927. The first-order valence-electron chi connectivity index (χ1n) is 8.85. The van der Waals surface area contributed by atoms with Crippen molar-refractivity contribution in [2.24, 2.45) is 0 Å². The second-order valence-corrected chi connectivity index (χ2v) is 6.24.